The molecule has 0 saturated heterocycles. The van der Waals surface area contributed by atoms with Crippen LogP contribution < -0.4 is 4.74 Å². The summed E-state index contributed by atoms with van der Waals surface area (Å²) >= 11 is 0. The highest BCUT2D eigenvalue weighted by Crippen LogP contribution is 2.40. The van der Waals surface area contributed by atoms with Gasteiger partial charge in [-0.1, -0.05) is 49.2 Å². The first-order valence-corrected chi connectivity index (χ1v) is 11.9. The number of benzene rings is 2. The van der Waals surface area contributed by atoms with Crippen LogP contribution in [-0.4, -0.2) is 17.7 Å². The molecule has 0 amide bonds. The van der Waals surface area contributed by atoms with E-state index in [2.05, 4.69) is 36.4 Å². The van der Waals surface area contributed by atoms with E-state index in [1.165, 1.54) is 60.8 Å². The maximum atomic E-state index is 10.7. The van der Waals surface area contributed by atoms with Crippen LogP contribution in [0.1, 0.15) is 86.8 Å². The van der Waals surface area contributed by atoms with Gasteiger partial charge < -0.3 is 9.84 Å². The van der Waals surface area contributed by atoms with E-state index >= 15 is 0 Å². The molecule has 31 heavy (non-hydrogen) atoms. The Kier molecular flexibility index (Phi) is 7.45. The van der Waals surface area contributed by atoms with Crippen molar-refractivity contribution in [3.8, 4) is 5.75 Å². The predicted octanol–water partition coefficient (Wildman–Crippen LogP) is 7.16. The van der Waals surface area contributed by atoms with Gasteiger partial charge in [-0.2, -0.15) is 0 Å². The second-order valence-corrected chi connectivity index (χ2v) is 9.07. The number of carbonyl (C=O) groups is 1. The first kappa shape index (κ1) is 21.7. The Morgan fingerprint density at radius 2 is 1.61 bits per heavy atom. The van der Waals surface area contributed by atoms with Gasteiger partial charge in [-0.3, -0.25) is 4.79 Å². The molecule has 1 saturated carbocycles. The smallest absolute Gasteiger partial charge is 0.303 e. The molecule has 0 unspecified atom stereocenters. The lowest BCUT2D eigenvalue weighted by atomic mass is 9.89. The second kappa shape index (κ2) is 10.7. The third-order valence-electron chi connectivity index (χ3n) is 6.58. The third kappa shape index (κ3) is 6.46. The molecule has 0 aliphatic heterocycles. The lowest BCUT2D eigenvalue weighted by molar-refractivity contribution is -0.137. The van der Waals surface area contributed by atoms with E-state index in [-0.39, 0.29) is 6.42 Å². The van der Waals surface area contributed by atoms with Gasteiger partial charge >= 0.3 is 5.97 Å². The lowest BCUT2D eigenvalue weighted by Gasteiger charge is -2.20. The van der Waals surface area contributed by atoms with Crippen molar-refractivity contribution in [3.05, 3.63) is 70.8 Å². The van der Waals surface area contributed by atoms with E-state index < -0.39 is 5.97 Å². The number of carboxylic acids is 1. The molecule has 1 fully saturated rings. The monoisotopic (exact) mass is 418 g/mol. The largest absolute Gasteiger partial charge is 0.489 e. The van der Waals surface area contributed by atoms with E-state index in [0.29, 0.717) is 13.0 Å². The molecule has 0 heterocycles. The highest BCUT2D eigenvalue weighted by Gasteiger charge is 2.23. The molecule has 164 valence electrons. The quantitative estimate of drug-likeness (QED) is 0.470. The van der Waals surface area contributed by atoms with Gasteiger partial charge in [0, 0.05) is 6.42 Å². The number of carboxylic acid groups (broad SMARTS) is 1. The summed E-state index contributed by atoms with van der Waals surface area (Å²) in [5, 5.41) is 8.79. The average molecular weight is 419 g/mol. The Bertz CT molecular complexity index is 889. The molecule has 3 heteroatoms. The zero-order valence-corrected chi connectivity index (χ0v) is 18.4. The number of hydrogen-bond acceptors (Lipinski definition) is 2. The molecule has 2 aromatic carbocycles. The topological polar surface area (TPSA) is 46.5 Å². The zero-order valence-electron chi connectivity index (χ0n) is 18.4. The minimum absolute atomic E-state index is 0.219. The molecule has 0 radical (unpaired) electrons. The fourth-order valence-corrected chi connectivity index (χ4v) is 4.57. The lowest BCUT2D eigenvalue weighted by Crippen LogP contribution is -2.07. The molecule has 0 aromatic heterocycles. The van der Waals surface area contributed by atoms with Gasteiger partial charge in [-0.05, 0) is 97.3 Å². The Morgan fingerprint density at radius 3 is 2.29 bits per heavy atom. The van der Waals surface area contributed by atoms with Crippen molar-refractivity contribution in [1.29, 1.82) is 0 Å². The van der Waals surface area contributed by atoms with Crippen molar-refractivity contribution in [1.82, 2.24) is 0 Å². The number of allylic oxidation sites excluding steroid dienone is 1. The Hall–Kier alpha value is -2.55. The number of hydrogen-bond donors (Lipinski definition) is 1. The molecule has 2 aliphatic rings. The molecule has 0 spiro atoms. The minimum atomic E-state index is -0.731. The number of ether oxygens (including phenoxy) is 1. The van der Waals surface area contributed by atoms with Crippen LogP contribution in [0.4, 0.5) is 0 Å². The first-order chi connectivity index (χ1) is 15.2. The summed E-state index contributed by atoms with van der Waals surface area (Å²) in [6.45, 7) is 0.651. The summed E-state index contributed by atoms with van der Waals surface area (Å²) in [4.78, 5) is 10.7. The molecule has 4 rings (SSSR count). The standard InChI is InChI=1S/C28H34O3/c29-28(30)9-5-6-21-10-18-26(19-11-21)31-20-25-7-3-1-2-4-8-27(25)24-16-14-23(15-17-24)22-12-13-22/h10-11,14-19,22H,1-9,12-13,20H2,(H,29,30). The van der Waals surface area contributed by atoms with Gasteiger partial charge in [0.1, 0.15) is 12.4 Å². The van der Waals surface area contributed by atoms with Crippen LogP contribution >= 0.6 is 0 Å². The zero-order chi connectivity index (χ0) is 21.5. The molecule has 3 nitrogen and oxygen atoms in total. The number of aryl methyl sites for hydroxylation is 1. The van der Waals surface area contributed by atoms with Crippen LogP contribution in [0.5, 0.6) is 5.75 Å². The fraction of sp³-hybridized carbons (Fsp3) is 0.464. The Labute approximate surface area is 186 Å². The Balaban J connectivity index is 1.42. The van der Waals surface area contributed by atoms with E-state index in [4.69, 9.17) is 9.84 Å². The minimum Gasteiger partial charge on any atom is -0.489 e. The number of rotatable bonds is 9. The molecule has 2 aromatic rings. The second-order valence-electron chi connectivity index (χ2n) is 9.07. The maximum absolute atomic E-state index is 10.7. The predicted molar refractivity (Wildman–Crippen MR) is 126 cm³/mol. The molecular weight excluding hydrogens is 384 g/mol. The normalized spacial score (nSPS) is 17.2. The molecule has 2 aliphatic carbocycles. The van der Waals surface area contributed by atoms with Crippen LogP contribution in [0, 0.1) is 0 Å². The van der Waals surface area contributed by atoms with E-state index in [0.717, 1.165) is 36.5 Å². The van der Waals surface area contributed by atoms with Crippen molar-refractivity contribution in [2.75, 3.05) is 6.61 Å². The van der Waals surface area contributed by atoms with Crippen LogP contribution in [-0.2, 0) is 11.2 Å². The van der Waals surface area contributed by atoms with Crippen LogP contribution in [0.15, 0.2) is 54.1 Å². The summed E-state index contributed by atoms with van der Waals surface area (Å²) in [6.07, 6.45) is 11.8. The molecule has 1 N–H and O–H groups in total. The SMILES string of the molecule is O=C(O)CCCc1ccc(OCC2=C(c3ccc(C4CC4)cc3)CCCCCC2)cc1. The van der Waals surface area contributed by atoms with Crippen molar-refractivity contribution >= 4 is 11.5 Å². The molecule has 0 bridgehead atoms. The third-order valence-corrected chi connectivity index (χ3v) is 6.58. The van der Waals surface area contributed by atoms with Gasteiger partial charge in [0.05, 0.1) is 0 Å². The highest BCUT2D eigenvalue weighted by molar-refractivity contribution is 5.69. The molecular formula is C28H34O3. The van der Waals surface area contributed by atoms with Crippen molar-refractivity contribution in [2.45, 2.75) is 76.5 Å². The fourth-order valence-electron chi connectivity index (χ4n) is 4.57. The maximum Gasteiger partial charge on any atom is 0.303 e. The van der Waals surface area contributed by atoms with Crippen molar-refractivity contribution in [3.63, 3.8) is 0 Å². The number of aliphatic carboxylic acids is 1. The van der Waals surface area contributed by atoms with E-state index in [9.17, 15) is 4.79 Å². The van der Waals surface area contributed by atoms with Crippen molar-refractivity contribution in [2.24, 2.45) is 0 Å². The summed E-state index contributed by atoms with van der Waals surface area (Å²) in [6, 6.07) is 17.5. The van der Waals surface area contributed by atoms with Crippen molar-refractivity contribution < 1.29 is 14.6 Å². The van der Waals surface area contributed by atoms with E-state index in [1.807, 2.05) is 12.1 Å². The summed E-state index contributed by atoms with van der Waals surface area (Å²) in [5.41, 5.74) is 6.97. The van der Waals surface area contributed by atoms with Crippen LogP contribution in [0.2, 0.25) is 0 Å². The summed E-state index contributed by atoms with van der Waals surface area (Å²) in [7, 11) is 0. The van der Waals surface area contributed by atoms with Crippen LogP contribution in [0.3, 0.4) is 0 Å². The van der Waals surface area contributed by atoms with Gasteiger partial charge in [-0.15, -0.1) is 0 Å². The molecule has 0 atom stereocenters. The Morgan fingerprint density at radius 1 is 0.903 bits per heavy atom. The van der Waals surface area contributed by atoms with Gasteiger partial charge in [0.25, 0.3) is 0 Å². The summed E-state index contributed by atoms with van der Waals surface area (Å²) < 4.78 is 6.21. The van der Waals surface area contributed by atoms with Gasteiger partial charge in [0.2, 0.25) is 0 Å². The van der Waals surface area contributed by atoms with Gasteiger partial charge in [0.15, 0.2) is 0 Å². The average Bonchev–Trinajstić information content (AvgIpc) is 3.60. The van der Waals surface area contributed by atoms with Crippen LogP contribution in [0.25, 0.3) is 5.57 Å². The first-order valence-electron chi connectivity index (χ1n) is 11.9. The highest BCUT2D eigenvalue weighted by atomic mass is 16.5. The van der Waals surface area contributed by atoms with E-state index in [1.54, 1.807) is 0 Å². The van der Waals surface area contributed by atoms with Gasteiger partial charge in [-0.25, -0.2) is 0 Å². The summed E-state index contributed by atoms with van der Waals surface area (Å²) in [5.74, 6) is 0.959.